The number of esters is 2. The molecule has 2 atom stereocenters. The molecule has 2 unspecified atom stereocenters. The summed E-state index contributed by atoms with van der Waals surface area (Å²) in [6.45, 7) is 4.10. The van der Waals surface area contributed by atoms with Crippen LogP contribution in [0, 0.1) is 25.7 Å². The number of fused-ring (bicyclic) bond motifs is 2. The van der Waals surface area contributed by atoms with Crippen LogP contribution in [0.2, 0.25) is 0 Å². The molecular weight excluding hydrogens is 380 g/mol. The fourth-order valence-electron chi connectivity index (χ4n) is 4.12. The summed E-state index contributed by atoms with van der Waals surface area (Å²) in [4.78, 5) is 27.4. The summed E-state index contributed by atoms with van der Waals surface area (Å²) < 4.78 is 9.79. The number of aryl methyl sites for hydroxylation is 2. The zero-order valence-electron chi connectivity index (χ0n) is 15.6. The number of methoxy groups -OCH3 is 2. The normalized spacial score (nSPS) is 20.4. The third-order valence-electron chi connectivity index (χ3n) is 5.30. The molecule has 2 aliphatic rings. The summed E-state index contributed by atoms with van der Waals surface area (Å²) in [5, 5.41) is 0. The molecule has 4 rings (SSSR count). The minimum absolute atomic E-state index is 0.296. The SMILES string of the molecule is COC(=O)c1cc(C2=C(c3cc(C(=O)OC)sc3C)C3C=CC2C3)c(C)s1. The van der Waals surface area contributed by atoms with Gasteiger partial charge >= 0.3 is 11.9 Å². The van der Waals surface area contributed by atoms with Crippen LogP contribution in [0.3, 0.4) is 0 Å². The quantitative estimate of drug-likeness (QED) is 0.528. The highest BCUT2D eigenvalue weighted by Gasteiger charge is 2.38. The Balaban J connectivity index is 1.86. The molecule has 0 spiro atoms. The third-order valence-corrected chi connectivity index (χ3v) is 7.37. The summed E-state index contributed by atoms with van der Waals surface area (Å²) in [6, 6.07) is 3.91. The molecule has 0 amide bonds. The summed E-state index contributed by atoms with van der Waals surface area (Å²) in [5.74, 6) is 0.110. The summed E-state index contributed by atoms with van der Waals surface area (Å²) in [7, 11) is 2.82. The molecular formula is C21H20O4S2. The summed E-state index contributed by atoms with van der Waals surface area (Å²) in [5.41, 5.74) is 4.81. The molecule has 4 nitrogen and oxygen atoms in total. The van der Waals surface area contributed by atoms with E-state index >= 15 is 0 Å². The number of thiophene rings is 2. The van der Waals surface area contributed by atoms with Crippen molar-refractivity contribution < 1.29 is 19.1 Å². The topological polar surface area (TPSA) is 52.6 Å². The Morgan fingerprint density at radius 1 is 0.852 bits per heavy atom. The van der Waals surface area contributed by atoms with Crippen molar-refractivity contribution in [2.24, 2.45) is 11.8 Å². The fourth-order valence-corrected chi connectivity index (χ4v) is 6.02. The number of ether oxygens (including phenoxy) is 2. The van der Waals surface area contributed by atoms with Gasteiger partial charge in [-0.3, -0.25) is 0 Å². The maximum Gasteiger partial charge on any atom is 0.348 e. The van der Waals surface area contributed by atoms with Crippen LogP contribution >= 0.6 is 22.7 Å². The zero-order chi connectivity index (χ0) is 19.3. The molecule has 27 heavy (non-hydrogen) atoms. The van der Waals surface area contributed by atoms with Crippen molar-refractivity contribution >= 4 is 45.8 Å². The van der Waals surface area contributed by atoms with Crippen LogP contribution in [0.1, 0.15) is 46.6 Å². The number of carbonyl (C=O) groups excluding carboxylic acids is 2. The van der Waals surface area contributed by atoms with Gasteiger partial charge in [0.15, 0.2) is 0 Å². The molecule has 0 fully saturated rings. The molecule has 2 aromatic rings. The summed E-state index contributed by atoms with van der Waals surface area (Å²) >= 11 is 2.94. The van der Waals surface area contributed by atoms with E-state index < -0.39 is 0 Å². The van der Waals surface area contributed by atoms with Crippen LogP contribution < -0.4 is 0 Å². The lowest BCUT2D eigenvalue weighted by molar-refractivity contribution is 0.0597. The van der Waals surface area contributed by atoms with Crippen LogP contribution in [0.5, 0.6) is 0 Å². The molecule has 0 radical (unpaired) electrons. The van der Waals surface area contributed by atoms with Gasteiger partial charge in [0, 0.05) is 21.6 Å². The molecule has 0 saturated heterocycles. The highest BCUT2D eigenvalue weighted by Crippen LogP contribution is 2.54. The monoisotopic (exact) mass is 400 g/mol. The van der Waals surface area contributed by atoms with E-state index in [0.29, 0.717) is 21.6 Å². The number of hydrogen-bond acceptors (Lipinski definition) is 6. The molecule has 0 N–H and O–H groups in total. The van der Waals surface area contributed by atoms with E-state index in [4.69, 9.17) is 9.47 Å². The highest BCUT2D eigenvalue weighted by molar-refractivity contribution is 7.14. The molecule has 0 saturated carbocycles. The van der Waals surface area contributed by atoms with Gasteiger partial charge < -0.3 is 9.47 Å². The van der Waals surface area contributed by atoms with Gasteiger partial charge in [0.2, 0.25) is 0 Å². The lowest BCUT2D eigenvalue weighted by atomic mass is 9.87. The number of allylic oxidation sites excluding steroid dienone is 4. The first-order valence-electron chi connectivity index (χ1n) is 8.75. The first kappa shape index (κ1) is 18.2. The van der Waals surface area contributed by atoms with Crippen LogP contribution in [-0.2, 0) is 9.47 Å². The van der Waals surface area contributed by atoms with Crippen molar-refractivity contribution in [3.63, 3.8) is 0 Å². The molecule has 2 bridgehead atoms. The maximum absolute atomic E-state index is 12.0. The lowest BCUT2D eigenvalue weighted by Crippen LogP contribution is -2.00. The second kappa shape index (κ2) is 6.77. The molecule has 6 heteroatoms. The van der Waals surface area contributed by atoms with Crippen molar-refractivity contribution in [3.8, 4) is 0 Å². The maximum atomic E-state index is 12.0. The van der Waals surface area contributed by atoms with E-state index in [1.807, 2.05) is 26.0 Å². The minimum Gasteiger partial charge on any atom is -0.465 e. The van der Waals surface area contributed by atoms with Gasteiger partial charge in [-0.05, 0) is 54.7 Å². The second-order valence-corrected chi connectivity index (χ2v) is 9.32. The number of rotatable bonds is 4. The van der Waals surface area contributed by atoms with Crippen LogP contribution in [0.15, 0.2) is 24.3 Å². The third kappa shape index (κ3) is 2.87. The van der Waals surface area contributed by atoms with Gasteiger partial charge in [0.1, 0.15) is 9.75 Å². The Labute approximate surface area is 166 Å². The predicted molar refractivity (Wildman–Crippen MR) is 108 cm³/mol. The van der Waals surface area contributed by atoms with Crippen molar-refractivity contribution in [1.29, 1.82) is 0 Å². The fraction of sp³-hybridized carbons (Fsp3) is 0.333. The van der Waals surface area contributed by atoms with Gasteiger partial charge in [0.05, 0.1) is 14.2 Å². The first-order chi connectivity index (χ1) is 12.9. The van der Waals surface area contributed by atoms with Gasteiger partial charge in [0.25, 0.3) is 0 Å². The van der Waals surface area contributed by atoms with E-state index in [0.717, 1.165) is 27.3 Å². The molecule has 0 aliphatic heterocycles. The Morgan fingerprint density at radius 2 is 1.26 bits per heavy atom. The Bertz CT molecular complexity index is 927. The highest BCUT2D eigenvalue weighted by atomic mass is 32.1. The first-order valence-corrected chi connectivity index (χ1v) is 10.4. The van der Waals surface area contributed by atoms with Gasteiger partial charge in [-0.15, -0.1) is 22.7 Å². The minimum atomic E-state index is -0.296. The lowest BCUT2D eigenvalue weighted by Gasteiger charge is -2.17. The molecule has 140 valence electrons. The Kier molecular flexibility index (Phi) is 4.56. The predicted octanol–water partition coefficient (Wildman–Crippen LogP) is 5.12. The second-order valence-electron chi connectivity index (χ2n) is 6.81. The molecule has 2 aromatic heterocycles. The largest absolute Gasteiger partial charge is 0.465 e. The van der Waals surface area contributed by atoms with Crippen LogP contribution in [0.25, 0.3) is 11.1 Å². The smallest absolute Gasteiger partial charge is 0.348 e. The van der Waals surface area contributed by atoms with E-state index in [-0.39, 0.29) is 11.9 Å². The van der Waals surface area contributed by atoms with E-state index in [9.17, 15) is 9.59 Å². The van der Waals surface area contributed by atoms with Gasteiger partial charge in [-0.1, -0.05) is 12.2 Å². The average molecular weight is 401 g/mol. The van der Waals surface area contributed by atoms with E-state index in [2.05, 4.69) is 12.2 Å². The zero-order valence-corrected chi connectivity index (χ0v) is 17.3. The van der Waals surface area contributed by atoms with Crippen molar-refractivity contribution in [3.05, 3.63) is 54.9 Å². The summed E-state index contributed by atoms with van der Waals surface area (Å²) in [6.07, 6.45) is 5.58. The molecule has 0 aromatic carbocycles. The number of carbonyl (C=O) groups is 2. The van der Waals surface area contributed by atoms with Crippen molar-refractivity contribution in [2.45, 2.75) is 20.3 Å². The molecule has 2 heterocycles. The molecule has 2 aliphatic carbocycles. The van der Waals surface area contributed by atoms with Gasteiger partial charge in [-0.25, -0.2) is 9.59 Å². The Hall–Kier alpha value is -2.18. The van der Waals surface area contributed by atoms with Crippen LogP contribution in [0.4, 0.5) is 0 Å². The standard InChI is InChI=1S/C21H20O4S2/c1-10-14(8-16(26-10)20(22)24-3)18-12-5-6-13(7-12)19(18)15-9-17(21(23)25-4)27-11(15)2/h5-6,8-9,12-13H,7H2,1-4H3. The number of hydrogen-bond donors (Lipinski definition) is 0. The van der Waals surface area contributed by atoms with Crippen LogP contribution in [-0.4, -0.2) is 26.2 Å². The Morgan fingerprint density at radius 3 is 1.63 bits per heavy atom. The van der Waals surface area contributed by atoms with E-state index in [1.54, 1.807) is 0 Å². The van der Waals surface area contributed by atoms with Gasteiger partial charge in [-0.2, -0.15) is 0 Å². The van der Waals surface area contributed by atoms with Crippen molar-refractivity contribution in [1.82, 2.24) is 0 Å². The van der Waals surface area contributed by atoms with E-state index in [1.165, 1.54) is 48.0 Å². The average Bonchev–Trinajstić information content (AvgIpc) is 3.42. The van der Waals surface area contributed by atoms with Crippen molar-refractivity contribution in [2.75, 3.05) is 14.2 Å².